The van der Waals surface area contributed by atoms with E-state index in [1.165, 1.54) is 0 Å². The Kier molecular flexibility index (Phi) is 5.23. The molecule has 0 bridgehead atoms. The van der Waals surface area contributed by atoms with Gasteiger partial charge in [0, 0.05) is 31.5 Å². The molecular weight excluding hydrogens is 302 g/mol. The van der Waals surface area contributed by atoms with Gasteiger partial charge in [-0.25, -0.2) is 0 Å². The number of hydrogen-bond acceptors (Lipinski definition) is 6. The number of benzene rings is 1. The van der Waals surface area contributed by atoms with E-state index in [2.05, 4.69) is 4.90 Å². The lowest BCUT2D eigenvalue weighted by atomic mass is 10.1. The second-order valence-corrected chi connectivity index (χ2v) is 6.49. The molecule has 0 radical (unpaired) electrons. The third-order valence-corrected chi connectivity index (χ3v) is 4.79. The number of Topliss-reactive ketones (excluding diaryl/α,β-unsaturated/α-hetero) is 1. The van der Waals surface area contributed by atoms with E-state index in [1.54, 1.807) is 18.7 Å². The monoisotopic (exact) mass is 323 g/mol. The van der Waals surface area contributed by atoms with Gasteiger partial charge in [-0.1, -0.05) is 0 Å². The topological polar surface area (TPSA) is 48.0 Å². The SMILES string of the molecule is CC(=O)c1cc2c(cc1OCCN1CCOCC1)OCCS2. The van der Waals surface area contributed by atoms with Crippen molar-refractivity contribution in [2.24, 2.45) is 0 Å². The van der Waals surface area contributed by atoms with Crippen LogP contribution in [0.2, 0.25) is 0 Å². The highest BCUT2D eigenvalue weighted by atomic mass is 32.2. The molecule has 0 saturated carbocycles. The third-order valence-electron chi connectivity index (χ3n) is 3.79. The fourth-order valence-electron chi connectivity index (χ4n) is 2.57. The quantitative estimate of drug-likeness (QED) is 0.773. The number of morpholine rings is 1. The second-order valence-electron chi connectivity index (χ2n) is 5.35. The van der Waals surface area contributed by atoms with E-state index in [0.29, 0.717) is 24.5 Å². The summed E-state index contributed by atoms with van der Waals surface area (Å²) in [7, 11) is 0. The van der Waals surface area contributed by atoms with Crippen molar-refractivity contribution < 1.29 is 19.0 Å². The summed E-state index contributed by atoms with van der Waals surface area (Å²) >= 11 is 1.72. The fraction of sp³-hybridized carbons (Fsp3) is 0.562. The number of thioether (sulfide) groups is 1. The molecular formula is C16H21NO4S. The first kappa shape index (κ1) is 15.6. The van der Waals surface area contributed by atoms with Crippen LogP contribution in [0.4, 0.5) is 0 Å². The lowest BCUT2D eigenvalue weighted by Gasteiger charge is -2.26. The molecule has 22 heavy (non-hydrogen) atoms. The van der Waals surface area contributed by atoms with Gasteiger partial charge in [0.25, 0.3) is 0 Å². The lowest BCUT2D eigenvalue weighted by Crippen LogP contribution is -2.38. The average Bonchev–Trinajstić information content (AvgIpc) is 2.55. The molecule has 1 aromatic carbocycles. The predicted molar refractivity (Wildman–Crippen MR) is 85.4 cm³/mol. The fourth-order valence-corrected chi connectivity index (χ4v) is 3.42. The Bertz CT molecular complexity index is 543. The second kappa shape index (κ2) is 7.35. The number of rotatable bonds is 5. The van der Waals surface area contributed by atoms with Crippen molar-refractivity contribution in [3.63, 3.8) is 0 Å². The van der Waals surface area contributed by atoms with Crippen LogP contribution in [0.5, 0.6) is 11.5 Å². The highest BCUT2D eigenvalue weighted by Crippen LogP contribution is 2.38. The first-order valence-corrected chi connectivity index (χ1v) is 8.60. The smallest absolute Gasteiger partial charge is 0.163 e. The van der Waals surface area contributed by atoms with Crippen LogP contribution in [0.3, 0.4) is 0 Å². The van der Waals surface area contributed by atoms with Gasteiger partial charge in [0.1, 0.15) is 18.1 Å². The summed E-state index contributed by atoms with van der Waals surface area (Å²) < 4.78 is 16.9. The van der Waals surface area contributed by atoms with Gasteiger partial charge < -0.3 is 14.2 Å². The van der Waals surface area contributed by atoms with Crippen molar-refractivity contribution >= 4 is 17.5 Å². The Morgan fingerprint density at radius 1 is 1.32 bits per heavy atom. The van der Waals surface area contributed by atoms with E-state index >= 15 is 0 Å². The summed E-state index contributed by atoms with van der Waals surface area (Å²) in [4.78, 5) is 15.2. The summed E-state index contributed by atoms with van der Waals surface area (Å²) in [6, 6.07) is 3.75. The molecule has 5 nitrogen and oxygen atoms in total. The zero-order chi connectivity index (χ0) is 15.4. The van der Waals surface area contributed by atoms with Gasteiger partial charge in [-0.05, 0) is 13.0 Å². The number of fused-ring (bicyclic) bond motifs is 1. The van der Waals surface area contributed by atoms with E-state index in [4.69, 9.17) is 14.2 Å². The van der Waals surface area contributed by atoms with Crippen LogP contribution in [-0.4, -0.2) is 62.5 Å². The van der Waals surface area contributed by atoms with Gasteiger partial charge in [0.2, 0.25) is 0 Å². The normalized spacial score (nSPS) is 18.4. The van der Waals surface area contributed by atoms with Gasteiger partial charge in [0.05, 0.1) is 30.3 Å². The van der Waals surface area contributed by atoms with E-state index in [1.807, 2.05) is 12.1 Å². The highest BCUT2D eigenvalue weighted by Gasteiger charge is 2.18. The van der Waals surface area contributed by atoms with Gasteiger partial charge in [-0.3, -0.25) is 9.69 Å². The number of ketones is 1. The van der Waals surface area contributed by atoms with Gasteiger partial charge in [-0.15, -0.1) is 11.8 Å². The molecule has 2 aliphatic rings. The molecule has 0 atom stereocenters. The minimum atomic E-state index is 0.0235. The van der Waals surface area contributed by atoms with Crippen LogP contribution in [0.1, 0.15) is 17.3 Å². The van der Waals surface area contributed by atoms with E-state index < -0.39 is 0 Å². The number of hydrogen-bond donors (Lipinski definition) is 0. The first-order valence-electron chi connectivity index (χ1n) is 7.61. The minimum absolute atomic E-state index is 0.0235. The molecule has 0 aromatic heterocycles. The maximum Gasteiger partial charge on any atom is 0.163 e. The van der Waals surface area contributed by atoms with Crippen molar-refractivity contribution in [3.8, 4) is 11.5 Å². The van der Waals surface area contributed by atoms with Crippen molar-refractivity contribution in [1.29, 1.82) is 0 Å². The molecule has 0 N–H and O–H groups in total. The maximum atomic E-state index is 11.9. The maximum absolute atomic E-state index is 11.9. The van der Waals surface area contributed by atoms with Crippen molar-refractivity contribution in [1.82, 2.24) is 4.90 Å². The summed E-state index contributed by atoms with van der Waals surface area (Å²) in [5.41, 5.74) is 0.638. The molecule has 1 saturated heterocycles. The zero-order valence-corrected chi connectivity index (χ0v) is 13.6. The molecule has 1 aromatic rings. The number of carbonyl (C=O) groups excluding carboxylic acids is 1. The van der Waals surface area contributed by atoms with Crippen molar-refractivity contribution in [2.75, 3.05) is 51.8 Å². The van der Waals surface area contributed by atoms with Crippen LogP contribution in [-0.2, 0) is 4.74 Å². The van der Waals surface area contributed by atoms with E-state index in [9.17, 15) is 4.79 Å². The molecule has 3 rings (SSSR count). The Hall–Kier alpha value is -1.24. The van der Waals surface area contributed by atoms with Gasteiger partial charge in [0.15, 0.2) is 5.78 Å². The van der Waals surface area contributed by atoms with Crippen LogP contribution in [0, 0.1) is 0 Å². The highest BCUT2D eigenvalue weighted by molar-refractivity contribution is 7.99. The minimum Gasteiger partial charge on any atom is -0.491 e. The summed E-state index contributed by atoms with van der Waals surface area (Å²) in [5, 5.41) is 0. The molecule has 0 spiro atoms. The van der Waals surface area contributed by atoms with Crippen LogP contribution < -0.4 is 9.47 Å². The molecule has 2 aliphatic heterocycles. The lowest BCUT2D eigenvalue weighted by molar-refractivity contribution is 0.0322. The van der Waals surface area contributed by atoms with Crippen molar-refractivity contribution in [3.05, 3.63) is 17.7 Å². The molecule has 0 aliphatic carbocycles. The molecule has 6 heteroatoms. The molecule has 0 unspecified atom stereocenters. The molecule has 120 valence electrons. The predicted octanol–water partition coefficient (Wildman–Crippen LogP) is 2.08. The third kappa shape index (κ3) is 3.74. The Morgan fingerprint density at radius 2 is 2.14 bits per heavy atom. The Morgan fingerprint density at radius 3 is 2.91 bits per heavy atom. The molecule has 1 fully saturated rings. The summed E-state index contributed by atoms with van der Waals surface area (Å²) in [5.74, 6) is 2.39. The van der Waals surface area contributed by atoms with Crippen LogP contribution in [0.25, 0.3) is 0 Å². The largest absolute Gasteiger partial charge is 0.491 e. The van der Waals surface area contributed by atoms with Crippen molar-refractivity contribution in [2.45, 2.75) is 11.8 Å². The van der Waals surface area contributed by atoms with Gasteiger partial charge >= 0.3 is 0 Å². The summed E-state index contributed by atoms with van der Waals surface area (Å²) in [6.07, 6.45) is 0. The molecule has 2 heterocycles. The van der Waals surface area contributed by atoms with E-state index in [-0.39, 0.29) is 5.78 Å². The average molecular weight is 323 g/mol. The first-order chi connectivity index (χ1) is 10.7. The number of nitrogens with zero attached hydrogens (tertiary/aromatic N) is 1. The van der Waals surface area contributed by atoms with Crippen LogP contribution in [0.15, 0.2) is 17.0 Å². The van der Waals surface area contributed by atoms with Gasteiger partial charge in [-0.2, -0.15) is 0 Å². The van der Waals surface area contributed by atoms with Crippen LogP contribution >= 0.6 is 11.8 Å². The standard InChI is InChI=1S/C16H21NO4S/c1-12(18)13-10-16-15(21-8-9-22-16)11-14(13)20-7-4-17-2-5-19-6-3-17/h10-11H,2-9H2,1H3. The Labute approximate surface area is 134 Å². The summed E-state index contributed by atoms with van der Waals surface area (Å²) in [6.45, 7) is 7.11. The number of carbonyl (C=O) groups is 1. The Balaban J connectivity index is 1.67. The molecule has 0 amide bonds. The number of ether oxygens (including phenoxy) is 3. The zero-order valence-electron chi connectivity index (χ0n) is 12.8. The van der Waals surface area contributed by atoms with E-state index in [0.717, 1.165) is 49.2 Å².